The van der Waals surface area contributed by atoms with Crippen LogP contribution in [0.5, 0.6) is 0 Å². The number of carbonyl (C=O) groups excluding carboxylic acids is 1. The summed E-state index contributed by atoms with van der Waals surface area (Å²) in [5.74, 6) is 0. The van der Waals surface area contributed by atoms with Crippen molar-refractivity contribution >= 4 is 22.5 Å². The van der Waals surface area contributed by atoms with Crippen LogP contribution in [-0.4, -0.2) is 53.6 Å². The second-order valence-corrected chi connectivity index (χ2v) is 6.00. The topological polar surface area (TPSA) is 61.4 Å². The molecule has 0 spiro atoms. The molecule has 22 heavy (non-hydrogen) atoms. The standard InChI is InChI=1S/C15H19N5OS/c21-14(17-5-3-13-2-1-4-16-12-13)19-7-9-20(10-8-19)15-18-6-11-22-15/h1-2,4,6,11-12H,3,5,7-10H2,(H,17,21). The van der Waals surface area contributed by atoms with Gasteiger partial charge >= 0.3 is 6.03 Å². The zero-order chi connectivity index (χ0) is 15.2. The van der Waals surface area contributed by atoms with Gasteiger partial charge in [0.05, 0.1) is 0 Å². The van der Waals surface area contributed by atoms with Gasteiger partial charge in [0.1, 0.15) is 0 Å². The van der Waals surface area contributed by atoms with Crippen molar-refractivity contribution in [2.45, 2.75) is 6.42 Å². The van der Waals surface area contributed by atoms with Crippen molar-refractivity contribution in [3.63, 3.8) is 0 Å². The highest BCUT2D eigenvalue weighted by Gasteiger charge is 2.21. The highest BCUT2D eigenvalue weighted by atomic mass is 32.1. The summed E-state index contributed by atoms with van der Waals surface area (Å²) in [4.78, 5) is 24.6. The predicted octanol–water partition coefficient (Wildman–Crippen LogP) is 1.61. The van der Waals surface area contributed by atoms with E-state index in [-0.39, 0.29) is 6.03 Å². The fourth-order valence-corrected chi connectivity index (χ4v) is 3.14. The van der Waals surface area contributed by atoms with Gasteiger partial charge in [-0.15, -0.1) is 11.3 Å². The van der Waals surface area contributed by atoms with Crippen LogP contribution in [-0.2, 0) is 6.42 Å². The van der Waals surface area contributed by atoms with Crippen molar-refractivity contribution in [3.05, 3.63) is 41.7 Å². The molecule has 0 bridgehead atoms. The third-order valence-corrected chi connectivity index (χ3v) is 4.50. The first-order valence-corrected chi connectivity index (χ1v) is 8.27. The average molecular weight is 317 g/mol. The molecule has 0 atom stereocenters. The van der Waals surface area contributed by atoms with E-state index < -0.39 is 0 Å². The molecule has 3 rings (SSSR count). The van der Waals surface area contributed by atoms with Crippen LogP contribution >= 0.6 is 11.3 Å². The zero-order valence-corrected chi connectivity index (χ0v) is 13.1. The summed E-state index contributed by atoms with van der Waals surface area (Å²) < 4.78 is 0. The van der Waals surface area contributed by atoms with Gasteiger partial charge in [-0.25, -0.2) is 9.78 Å². The van der Waals surface area contributed by atoms with E-state index in [1.165, 1.54) is 0 Å². The first kappa shape index (κ1) is 14.8. The maximum Gasteiger partial charge on any atom is 0.317 e. The Morgan fingerprint density at radius 2 is 2.14 bits per heavy atom. The molecule has 1 aliphatic heterocycles. The van der Waals surface area contributed by atoms with E-state index in [9.17, 15) is 4.79 Å². The maximum absolute atomic E-state index is 12.1. The quantitative estimate of drug-likeness (QED) is 0.931. The number of nitrogens with one attached hydrogen (secondary N) is 1. The number of amides is 2. The minimum atomic E-state index is 0.0164. The first-order chi connectivity index (χ1) is 10.8. The van der Waals surface area contributed by atoms with Crippen LogP contribution in [0.25, 0.3) is 0 Å². The van der Waals surface area contributed by atoms with E-state index in [0.29, 0.717) is 6.54 Å². The van der Waals surface area contributed by atoms with Crippen molar-refractivity contribution in [2.75, 3.05) is 37.6 Å². The SMILES string of the molecule is O=C(NCCc1cccnc1)N1CCN(c2nccs2)CC1. The van der Waals surface area contributed by atoms with Gasteiger partial charge in [0, 0.05) is 56.7 Å². The fourth-order valence-electron chi connectivity index (χ4n) is 2.44. The van der Waals surface area contributed by atoms with E-state index in [0.717, 1.165) is 43.3 Å². The monoisotopic (exact) mass is 317 g/mol. The van der Waals surface area contributed by atoms with Gasteiger partial charge in [0.2, 0.25) is 0 Å². The predicted molar refractivity (Wildman–Crippen MR) is 87.2 cm³/mol. The summed E-state index contributed by atoms with van der Waals surface area (Å²) in [6.45, 7) is 3.78. The van der Waals surface area contributed by atoms with Crippen LogP contribution < -0.4 is 10.2 Å². The Kier molecular flexibility index (Phi) is 4.85. The lowest BCUT2D eigenvalue weighted by Crippen LogP contribution is -2.52. The van der Waals surface area contributed by atoms with Crippen LogP contribution in [0, 0.1) is 0 Å². The molecule has 2 aromatic heterocycles. The number of anilines is 1. The second-order valence-electron chi connectivity index (χ2n) is 5.13. The van der Waals surface area contributed by atoms with Gasteiger partial charge in [-0.05, 0) is 18.1 Å². The Balaban J connectivity index is 1.40. The van der Waals surface area contributed by atoms with Gasteiger partial charge in [0.25, 0.3) is 0 Å². The molecule has 0 radical (unpaired) electrons. The Bertz CT molecular complexity index is 581. The third-order valence-electron chi connectivity index (χ3n) is 3.67. The number of piperazine rings is 1. The minimum Gasteiger partial charge on any atom is -0.345 e. The zero-order valence-electron chi connectivity index (χ0n) is 12.3. The number of thiazole rings is 1. The van der Waals surface area contributed by atoms with Crippen LogP contribution in [0.2, 0.25) is 0 Å². The molecule has 0 saturated carbocycles. The molecule has 3 heterocycles. The van der Waals surface area contributed by atoms with Gasteiger partial charge in [0.15, 0.2) is 5.13 Å². The lowest BCUT2D eigenvalue weighted by Gasteiger charge is -2.34. The largest absolute Gasteiger partial charge is 0.345 e. The molecule has 6 nitrogen and oxygen atoms in total. The van der Waals surface area contributed by atoms with Gasteiger partial charge in [-0.3, -0.25) is 4.98 Å². The average Bonchev–Trinajstić information content (AvgIpc) is 3.10. The highest BCUT2D eigenvalue weighted by molar-refractivity contribution is 7.13. The summed E-state index contributed by atoms with van der Waals surface area (Å²) in [6.07, 6.45) is 6.21. The maximum atomic E-state index is 12.1. The minimum absolute atomic E-state index is 0.0164. The number of carbonyl (C=O) groups is 1. The molecule has 1 N–H and O–H groups in total. The lowest BCUT2D eigenvalue weighted by molar-refractivity contribution is 0.194. The number of hydrogen-bond donors (Lipinski definition) is 1. The molecule has 0 aromatic carbocycles. The van der Waals surface area contributed by atoms with Crippen LogP contribution in [0.15, 0.2) is 36.1 Å². The highest BCUT2D eigenvalue weighted by Crippen LogP contribution is 2.18. The molecule has 7 heteroatoms. The number of urea groups is 1. The van der Waals surface area contributed by atoms with Crippen molar-refractivity contribution in [1.82, 2.24) is 20.2 Å². The summed E-state index contributed by atoms with van der Waals surface area (Å²) >= 11 is 1.64. The summed E-state index contributed by atoms with van der Waals surface area (Å²) in [5.41, 5.74) is 1.14. The first-order valence-electron chi connectivity index (χ1n) is 7.39. The molecule has 116 valence electrons. The van der Waals surface area contributed by atoms with Gasteiger partial charge in [-0.1, -0.05) is 6.07 Å². The van der Waals surface area contributed by atoms with Crippen molar-refractivity contribution in [3.8, 4) is 0 Å². The normalized spacial score (nSPS) is 14.9. The molecular formula is C15H19N5OS. The Morgan fingerprint density at radius 3 is 2.82 bits per heavy atom. The summed E-state index contributed by atoms with van der Waals surface area (Å²) in [6, 6.07) is 3.95. The molecule has 1 saturated heterocycles. The van der Waals surface area contributed by atoms with Gasteiger partial charge in [-0.2, -0.15) is 0 Å². The second kappa shape index (κ2) is 7.22. The molecular weight excluding hydrogens is 298 g/mol. The lowest BCUT2D eigenvalue weighted by atomic mass is 10.2. The van der Waals surface area contributed by atoms with Crippen LogP contribution in [0.4, 0.5) is 9.93 Å². The number of hydrogen-bond acceptors (Lipinski definition) is 5. The van der Waals surface area contributed by atoms with Crippen LogP contribution in [0.1, 0.15) is 5.56 Å². The molecule has 1 aliphatic rings. The Labute approximate surface area is 133 Å². The number of aromatic nitrogens is 2. The van der Waals surface area contributed by atoms with Gasteiger partial charge < -0.3 is 15.1 Å². The van der Waals surface area contributed by atoms with Crippen molar-refractivity contribution < 1.29 is 4.79 Å². The van der Waals surface area contributed by atoms with Crippen molar-refractivity contribution in [2.24, 2.45) is 0 Å². The van der Waals surface area contributed by atoms with Crippen LogP contribution in [0.3, 0.4) is 0 Å². The van der Waals surface area contributed by atoms with E-state index in [1.807, 2.05) is 34.8 Å². The third kappa shape index (κ3) is 3.73. The summed E-state index contributed by atoms with van der Waals surface area (Å²) in [7, 11) is 0. The number of nitrogens with zero attached hydrogens (tertiary/aromatic N) is 4. The van der Waals surface area contributed by atoms with E-state index in [1.54, 1.807) is 17.5 Å². The fraction of sp³-hybridized carbons (Fsp3) is 0.400. The van der Waals surface area contributed by atoms with E-state index >= 15 is 0 Å². The van der Waals surface area contributed by atoms with E-state index in [4.69, 9.17) is 0 Å². The Morgan fingerprint density at radius 1 is 1.27 bits per heavy atom. The van der Waals surface area contributed by atoms with E-state index in [2.05, 4.69) is 20.2 Å². The summed E-state index contributed by atoms with van der Waals surface area (Å²) in [5, 5.41) is 6.00. The Hall–Kier alpha value is -2.15. The smallest absolute Gasteiger partial charge is 0.317 e. The molecule has 0 unspecified atom stereocenters. The molecule has 0 aliphatic carbocycles. The number of rotatable bonds is 4. The number of pyridine rings is 1. The molecule has 2 aromatic rings. The molecule has 1 fully saturated rings. The van der Waals surface area contributed by atoms with Crippen molar-refractivity contribution in [1.29, 1.82) is 0 Å². The molecule has 2 amide bonds.